The maximum absolute atomic E-state index is 11.3. The van der Waals surface area contributed by atoms with Crippen molar-refractivity contribution in [3.8, 4) is 0 Å². The molecule has 1 unspecified atom stereocenters. The van der Waals surface area contributed by atoms with Gasteiger partial charge in [-0.05, 0) is 24.6 Å². The summed E-state index contributed by atoms with van der Waals surface area (Å²) in [4.78, 5) is 11.3. The molecule has 0 radical (unpaired) electrons. The largest absolute Gasteiger partial charge is 0.465 e. The molecule has 0 aliphatic carbocycles. The summed E-state index contributed by atoms with van der Waals surface area (Å²) < 4.78 is 6.75. The molecule has 0 fully saturated rings. The minimum absolute atomic E-state index is 0.351. The zero-order valence-electron chi connectivity index (χ0n) is 8.67. The van der Waals surface area contributed by atoms with E-state index < -0.39 is 5.38 Å². The number of ether oxygens (including phenoxy) is 1. The molecule has 1 rings (SSSR count). The number of carbonyl (C=O) groups excluding carboxylic acids is 1. The lowest BCUT2D eigenvalue weighted by Crippen LogP contribution is -2.20. The molecule has 1 atom stereocenters. The Kier molecular flexibility index (Phi) is 5.79. The van der Waals surface area contributed by atoms with Crippen LogP contribution in [0, 0.1) is 0 Å². The highest BCUT2D eigenvalue weighted by atomic mass is 79.9. The van der Waals surface area contributed by atoms with Crippen molar-refractivity contribution < 1.29 is 9.53 Å². The van der Waals surface area contributed by atoms with Crippen LogP contribution in [0.5, 0.6) is 0 Å². The lowest BCUT2D eigenvalue weighted by molar-refractivity contribution is -0.142. The summed E-state index contributed by atoms with van der Waals surface area (Å²) >= 11 is 12.7. The van der Waals surface area contributed by atoms with Crippen LogP contribution < -0.4 is 0 Å². The van der Waals surface area contributed by atoms with Crippen molar-refractivity contribution in [1.82, 2.24) is 0 Å². The van der Waals surface area contributed by atoms with Gasteiger partial charge in [0.1, 0.15) is 5.38 Å². The Balaban J connectivity index is 2.69. The molecule has 88 valence electrons. The number of carbonyl (C=O) groups is 1. The van der Waals surface area contributed by atoms with Crippen LogP contribution in [-0.4, -0.2) is 18.0 Å². The Morgan fingerprint density at radius 1 is 1.50 bits per heavy atom. The highest BCUT2D eigenvalue weighted by molar-refractivity contribution is 9.11. The second-order valence-corrected chi connectivity index (χ2v) is 5.46. The number of hydrogen-bond donors (Lipinski definition) is 0. The molecule has 2 nitrogen and oxygen atoms in total. The van der Waals surface area contributed by atoms with Crippen molar-refractivity contribution in [1.29, 1.82) is 0 Å². The van der Waals surface area contributed by atoms with E-state index in [2.05, 4.69) is 31.9 Å². The first-order chi connectivity index (χ1) is 7.54. The van der Waals surface area contributed by atoms with Gasteiger partial charge >= 0.3 is 5.97 Å². The molecular weight excluding hydrogens is 359 g/mol. The normalized spacial score (nSPS) is 12.2. The van der Waals surface area contributed by atoms with Crippen molar-refractivity contribution in [2.45, 2.75) is 18.7 Å². The zero-order valence-corrected chi connectivity index (χ0v) is 12.6. The fourth-order valence-electron chi connectivity index (χ4n) is 1.20. The quantitative estimate of drug-likeness (QED) is 0.593. The van der Waals surface area contributed by atoms with Crippen molar-refractivity contribution in [3.05, 3.63) is 32.7 Å². The molecule has 0 heterocycles. The Morgan fingerprint density at radius 2 is 2.19 bits per heavy atom. The number of benzene rings is 1. The van der Waals surface area contributed by atoms with Crippen molar-refractivity contribution in [2.75, 3.05) is 6.61 Å². The van der Waals surface area contributed by atoms with Crippen molar-refractivity contribution in [2.24, 2.45) is 0 Å². The average molecular weight is 370 g/mol. The summed E-state index contributed by atoms with van der Waals surface area (Å²) in [5.41, 5.74) is 0.983. The van der Waals surface area contributed by atoms with E-state index in [-0.39, 0.29) is 5.97 Å². The number of halogens is 3. The van der Waals surface area contributed by atoms with Gasteiger partial charge in [-0.25, -0.2) is 0 Å². The predicted molar refractivity (Wildman–Crippen MR) is 71.8 cm³/mol. The van der Waals surface area contributed by atoms with Gasteiger partial charge in [0.2, 0.25) is 0 Å². The average Bonchev–Trinajstić information content (AvgIpc) is 2.22. The van der Waals surface area contributed by atoms with Gasteiger partial charge in [0.25, 0.3) is 0 Å². The van der Waals surface area contributed by atoms with E-state index in [1.165, 1.54) is 0 Å². The van der Waals surface area contributed by atoms with E-state index in [9.17, 15) is 4.79 Å². The maximum atomic E-state index is 11.3. The molecule has 0 aliphatic rings. The first kappa shape index (κ1) is 14.0. The van der Waals surface area contributed by atoms with E-state index in [4.69, 9.17) is 16.3 Å². The van der Waals surface area contributed by atoms with Gasteiger partial charge in [-0.2, -0.15) is 0 Å². The van der Waals surface area contributed by atoms with Crippen molar-refractivity contribution >= 4 is 49.4 Å². The molecule has 0 amide bonds. The second kappa shape index (κ2) is 6.62. The van der Waals surface area contributed by atoms with Crippen LogP contribution in [0.1, 0.15) is 12.5 Å². The number of esters is 1. The van der Waals surface area contributed by atoms with Crippen LogP contribution in [-0.2, 0) is 16.0 Å². The van der Waals surface area contributed by atoms with Crippen molar-refractivity contribution in [3.63, 3.8) is 0 Å². The summed E-state index contributed by atoms with van der Waals surface area (Å²) in [7, 11) is 0. The summed E-state index contributed by atoms with van der Waals surface area (Å²) in [5, 5.41) is -0.641. The minimum atomic E-state index is -0.641. The van der Waals surface area contributed by atoms with E-state index in [1.54, 1.807) is 6.92 Å². The zero-order chi connectivity index (χ0) is 12.1. The van der Waals surface area contributed by atoms with Gasteiger partial charge in [0.05, 0.1) is 6.61 Å². The molecular formula is C11H11Br2ClO2. The molecule has 0 bridgehead atoms. The molecule has 0 saturated carbocycles. The fourth-order valence-corrected chi connectivity index (χ4v) is 2.63. The molecule has 0 aromatic heterocycles. The van der Waals surface area contributed by atoms with Gasteiger partial charge in [-0.15, -0.1) is 11.6 Å². The van der Waals surface area contributed by atoms with Gasteiger partial charge in [0.15, 0.2) is 0 Å². The molecule has 1 aromatic carbocycles. The highest BCUT2D eigenvalue weighted by Crippen LogP contribution is 2.24. The third-order valence-electron chi connectivity index (χ3n) is 1.96. The van der Waals surface area contributed by atoms with Crippen LogP contribution in [0.2, 0.25) is 0 Å². The van der Waals surface area contributed by atoms with Gasteiger partial charge in [0, 0.05) is 15.4 Å². The molecule has 5 heteroatoms. The standard InChI is InChI=1S/C11H11Br2ClO2/c1-2-16-11(15)10(14)5-7-3-4-8(12)6-9(7)13/h3-4,6,10H,2,5H2,1H3. The number of rotatable bonds is 4. The Hall–Kier alpha value is -0.0600. The minimum Gasteiger partial charge on any atom is -0.465 e. The highest BCUT2D eigenvalue weighted by Gasteiger charge is 2.18. The lowest BCUT2D eigenvalue weighted by atomic mass is 10.1. The van der Waals surface area contributed by atoms with E-state index in [0.717, 1.165) is 14.5 Å². The third kappa shape index (κ3) is 4.07. The summed E-state index contributed by atoms with van der Waals surface area (Å²) in [6.07, 6.45) is 0.453. The predicted octanol–water partition coefficient (Wildman–Crippen LogP) is 3.92. The first-order valence-corrected chi connectivity index (χ1v) is 6.81. The fraction of sp³-hybridized carbons (Fsp3) is 0.364. The monoisotopic (exact) mass is 368 g/mol. The smallest absolute Gasteiger partial charge is 0.324 e. The second-order valence-electron chi connectivity index (χ2n) is 3.16. The van der Waals surface area contributed by atoms with Gasteiger partial charge in [-0.3, -0.25) is 4.79 Å². The Labute approximate surface area is 117 Å². The van der Waals surface area contributed by atoms with Crippen LogP contribution >= 0.6 is 43.5 Å². The molecule has 0 aliphatic heterocycles. The number of hydrogen-bond acceptors (Lipinski definition) is 2. The molecule has 0 saturated heterocycles. The number of alkyl halides is 1. The third-order valence-corrected chi connectivity index (χ3v) is 3.52. The lowest BCUT2D eigenvalue weighted by Gasteiger charge is -2.10. The summed E-state index contributed by atoms with van der Waals surface area (Å²) in [6, 6.07) is 5.75. The van der Waals surface area contributed by atoms with E-state index in [0.29, 0.717) is 13.0 Å². The summed E-state index contributed by atoms with van der Waals surface area (Å²) in [6.45, 7) is 2.11. The molecule has 16 heavy (non-hydrogen) atoms. The Bertz CT molecular complexity index is 382. The first-order valence-electron chi connectivity index (χ1n) is 4.79. The molecule has 0 N–H and O–H groups in total. The van der Waals surface area contributed by atoms with Gasteiger partial charge < -0.3 is 4.74 Å². The van der Waals surface area contributed by atoms with Gasteiger partial charge in [-0.1, -0.05) is 37.9 Å². The molecule has 0 spiro atoms. The molecule has 1 aromatic rings. The topological polar surface area (TPSA) is 26.3 Å². The van der Waals surface area contributed by atoms with E-state index in [1.807, 2.05) is 18.2 Å². The summed E-state index contributed by atoms with van der Waals surface area (Å²) in [5.74, 6) is -0.376. The van der Waals surface area contributed by atoms with Crippen LogP contribution in [0.15, 0.2) is 27.1 Å². The van der Waals surface area contributed by atoms with Crippen LogP contribution in [0.25, 0.3) is 0 Å². The van der Waals surface area contributed by atoms with Crippen LogP contribution in [0.4, 0.5) is 0 Å². The SMILES string of the molecule is CCOC(=O)C(Cl)Cc1ccc(Br)cc1Br. The van der Waals surface area contributed by atoms with Crippen LogP contribution in [0.3, 0.4) is 0 Å². The Morgan fingerprint density at radius 3 is 2.75 bits per heavy atom. The van der Waals surface area contributed by atoms with E-state index >= 15 is 0 Å². The maximum Gasteiger partial charge on any atom is 0.324 e.